The number of amides is 3. The third-order valence-corrected chi connectivity index (χ3v) is 6.23. The number of hydrogen-bond acceptors (Lipinski definition) is 5. The number of piperazine rings is 1. The molecule has 8 heteroatoms. The molecule has 1 aliphatic heterocycles. The number of nitrogens with one attached hydrogen (secondary N) is 2. The number of hydrogen-bond donors (Lipinski definition) is 3. The first-order chi connectivity index (χ1) is 16.9. The third kappa shape index (κ3) is 8.19. The van der Waals surface area contributed by atoms with Gasteiger partial charge in [0.15, 0.2) is 0 Å². The first-order valence-corrected chi connectivity index (χ1v) is 12.3. The van der Waals surface area contributed by atoms with Crippen LogP contribution in [0.4, 0.5) is 0 Å². The van der Waals surface area contributed by atoms with Gasteiger partial charge in [0.25, 0.3) is 0 Å². The van der Waals surface area contributed by atoms with Crippen molar-refractivity contribution in [1.82, 2.24) is 20.4 Å². The van der Waals surface area contributed by atoms with Crippen molar-refractivity contribution in [3.05, 3.63) is 71.3 Å². The Hall–Kier alpha value is -3.23. The molecule has 2 atom stereocenters. The molecule has 3 rings (SSSR count). The molecule has 8 nitrogen and oxygen atoms in total. The number of benzene rings is 2. The Morgan fingerprint density at radius 2 is 1.54 bits per heavy atom. The summed E-state index contributed by atoms with van der Waals surface area (Å²) in [7, 11) is 0. The molecule has 0 radical (unpaired) electrons. The molecule has 1 aliphatic rings. The molecule has 0 saturated carbocycles. The lowest BCUT2D eigenvalue weighted by Crippen LogP contribution is -2.55. The summed E-state index contributed by atoms with van der Waals surface area (Å²) in [6, 6.07) is 16.9. The Labute approximate surface area is 207 Å². The topological polar surface area (TPSA) is 108 Å². The molecule has 0 bridgehead atoms. The minimum absolute atomic E-state index is 0.0422. The van der Waals surface area contributed by atoms with E-state index in [1.807, 2.05) is 47.4 Å². The summed E-state index contributed by atoms with van der Waals surface area (Å²) < 4.78 is 0. The number of carbonyl (C=O) groups excluding carboxylic acids is 3. The van der Waals surface area contributed by atoms with Gasteiger partial charge in [-0.1, -0.05) is 61.5 Å². The molecule has 188 valence electrons. The fraction of sp³-hybridized carbons (Fsp3) is 0.444. The predicted molar refractivity (Wildman–Crippen MR) is 136 cm³/mol. The monoisotopic (exact) mass is 479 g/mol. The van der Waals surface area contributed by atoms with Gasteiger partial charge in [0, 0.05) is 52.1 Å². The van der Waals surface area contributed by atoms with E-state index in [0.29, 0.717) is 32.5 Å². The second kappa shape index (κ2) is 13.0. The average molecular weight is 480 g/mol. The van der Waals surface area contributed by atoms with Gasteiger partial charge in [-0.3, -0.25) is 19.3 Å². The van der Waals surface area contributed by atoms with Crippen LogP contribution in [-0.4, -0.2) is 65.8 Å². The van der Waals surface area contributed by atoms with Crippen LogP contribution < -0.4 is 16.4 Å². The number of nitrogens with two attached hydrogens (primary N) is 1. The minimum Gasteiger partial charge on any atom is -0.351 e. The smallest absolute Gasteiger partial charge is 0.245 e. The Bertz CT molecular complexity index is 970. The molecule has 35 heavy (non-hydrogen) atoms. The Balaban J connectivity index is 1.57. The van der Waals surface area contributed by atoms with Crippen molar-refractivity contribution in [2.24, 2.45) is 5.73 Å². The molecule has 2 aromatic rings. The lowest BCUT2D eigenvalue weighted by molar-refractivity contribution is -0.138. The zero-order valence-corrected chi connectivity index (χ0v) is 20.7. The highest BCUT2D eigenvalue weighted by Crippen LogP contribution is 2.13. The van der Waals surface area contributed by atoms with Crippen molar-refractivity contribution in [2.75, 3.05) is 26.2 Å². The fourth-order valence-electron chi connectivity index (χ4n) is 4.06. The Kier molecular flexibility index (Phi) is 9.81. The van der Waals surface area contributed by atoms with Gasteiger partial charge in [-0.05, 0) is 23.6 Å². The lowest BCUT2D eigenvalue weighted by atomic mass is 10.0. The predicted octanol–water partition coefficient (Wildman–Crippen LogP) is 1.43. The number of carbonyl (C=O) groups is 3. The summed E-state index contributed by atoms with van der Waals surface area (Å²) in [5.41, 5.74) is 8.73. The largest absolute Gasteiger partial charge is 0.351 e. The van der Waals surface area contributed by atoms with Crippen LogP contribution in [-0.2, 0) is 33.9 Å². The summed E-state index contributed by atoms with van der Waals surface area (Å²) in [4.78, 5) is 41.4. The van der Waals surface area contributed by atoms with E-state index in [1.165, 1.54) is 5.56 Å². The van der Waals surface area contributed by atoms with Crippen LogP contribution in [0.25, 0.3) is 0 Å². The molecule has 0 aromatic heterocycles. The highest BCUT2D eigenvalue weighted by molar-refractivity contribution is 5.88. The molecule has 4 N–H and O–H groups in total. The summed E-state index contributed by atoms with van der Waals surface area (Å²) in [6.45, 7) is 7.57. The van der Waals surface area contributed by atoms with Crippen LogP contribution in [0, 0.1) is 0 Å². The lowest BCUT2D eigenvalue weighted by Gasteiger charge is -2.36. The molecule has 1 unspecified atom stereocenters. The van der Waals surface area contributed by atoms with Crippen LogP contribution >= 0.6 is 0 Å². The number of nitrogens with zero attached hydrogens (tertiary/aromatic N) is 2. The van der Waals surface area contributed by atoms with Gasteiger partial charge in [0.2, 0.25) is 17.7 Å². The highest BCUT2D eigenvalue weighted by atomic mass is 16.2. The summed E-state index contributed by atoms with van der Waals surface area (Å²) in [6.07, 6.45) is 0.744. The normalized spacial score (nSPS) is 15.8. The molecular formula is C27H37N5O3. The van der Waals surface area contributed by atoms with Crippen molar-refractivity contribution >= 4 is 17.7 Å². The van der Waals surface area contributed by atoms with Gasteiger partial charge < -0.3 is 21.3 Å². The van der Waals surface area contributed by atoms with E-state index in [4.69, 9.17) is 5.73 Å². The van der Waals surface area contributed by atoms with Gasteiger partial charge in [0.05, 0.1) is 6.04 Å². The van der Waals surface area contributed by atoms with E-state index in [1.54, 1.807) is 13.8 Å². The molecule has 2 aromatic carbocycles. The maximum Gasteiger partial charge on any atom is 0.245 e. The zero-order chi connectivity index (χ0) is 25.2. The van der Waals surface area contributed by atoms with E-state index >= 15 is 0 Å². The molecular weight excluding hydrogens is 442 g/mol. The molecule has 1 fully saturated rings. The van der Waals surface area contributed by atoms with Crippen LogP contribution in [0.2, 0.25) is 0 Å². The summed E-state index contributed by atoms with van der Waals surface area (Å²) in [5.74, 6) is -0.383. The highest BCUT2D eigenvalue weighted by Gasteiger charge is 2.28. The van der Waals surface area contributed by atoms with E-state index in [0.717, 1.165) is 30.8 Å². The average Bonchev–Trinajstić information content (AvgIpc) is 2.88. The molecule has 0 spiro atoms. The van der Waals surface area contributed by atoms with Crippen molar-refractivity contribution in [1.29, 1.82) is 0 Å². The van der Waals surface area contributed by atoms with Crippen molar-refractivity contribution in [3.8, 4) is 0 Å². The number of rotatable bonds is 10. The van der Waals surface area contributed by atoms with Gasteiger partial charge in [-0.2, -0.15) is 0 Å². The Morgan fingerprint density at radius 1 is 0.914 bits per heavy atom. The van der Waals surface area contributed by atoms with E-state index in [-0.39, 0.29) is 17.7 Å². The molecule has 3 amide bonds. The first-order valence-electron chi connectivity index (χ1n) is 12.3. The van der Waals surface area contributed by atoms with Gasteiger partial charge in [-0.15, -0.1) is 0 Å². The van der Waals surface area contributed by atoms with Crippen molar-refractivity contribution in [3.63, 3.8) is 0 Å². The SMILES string of the molecule is CCC(=O)N[C@H](Cc1ccc(CNC(=O)C(C)N)cc1)C(=O)N1CCN(Cc2ccccc2)CC1. The van der Waals surface area contributed by atoms with Crippen LogP contribution in [0.3, 0.4) is 0 Å². The van der Waals surface area contributed by atoms with E-state index in [9.17, 15) is 14.4 Å². The Morgan fingerprint density at radius 3 is 2.14 bits per heavy atom. The first kappa shape index (κ1) is 26.4. The maximum absolute atomic E-state index is 13.4. The summed E-state index contributed by atoms with van der Waals surface area (Å²) in [5, 5.41) is 5.70. The fourth-order valence-corrected chi connectivity index (χ4v) is 4.06. The van der Waals surface area contributed by atoms with Crippen LogP contribution in [0.1, 0.15) is 37.0 Å². The zero-order valence-electron chi connectivity index (χ0n) is 20.7. The van der Waals surface area contributed by atoms with Crippen molar-refractivity contribution < 1.29 is 14.4 Å². The van der Waals surface area contributed by atoms with Crippen LogP contribution in [0.15, 0.2) is 54.6 Å². The van der Waals surface area contributed by atoms with Crippen LogP contribution in [0.5, 0.6) is 0 Å². The molecule has 0 aliphatic carbocycles. The minimum atomic E-state index is -0.605. The summed E-state index contributed by atoms with van der Waals surface area (Å²) >= 11 is 0. The molecule has 1 heterocycles. The third-order valence-electron chi connectivity index (χ3n) is 6.23. The maximum atomic E-state index is 13.4. The van der Waals surface area contributed by atoms with E-state index in [2.05, 4.69) is 27.7 Å². The second-order valence-electron chi connectivity index (χ2n) is 9.09. The van der Waals surface area contributed by atoms with Crippen molar-refractivity contribution in [2.45, 2.75) is 51.9 Å². The standard InChI is InChI=1S/C27H37N5O3/c1-3-25(33)30-24(17-21-9-11-22(12-10-21)18-29-26(34)20(2)28)27(35)32-15-13-31(14-16-32)19-23-7-5-4-6-8-23/h4-12,20,24H,3,13-19,28H2,1-2H3,(H,29,34)(H,30,33)/t20?,24-/m1/s1. The second-order valence-corrected chi connectivity index (χ2v) is 9.09. The van der Waals surface area contributed by atoms with Gasteiger partial charge >= 0.3 is 0 Å². The van der Waals surface area contributed by atoms with E-state index < -0.39 is 12.1 Å². The van der Waals surface area contributed by atoms with Gasteiger partial charge in [-0.25, -0.2) is 0 Å². The molecule has 1 saturated heterocycles. The van der Waals surface area contributed by atoms with Gasteiger partial charge in [0.1, 0.15) is 6.04 Å². The quantitative estimate of drug-likeness (QED) is 0.478.